The van der Waals surface area contributed by atoms with Crippen LogP contribution in [-0.2, 0) is 9.59 Å². The number of rotatable bonds is 2. The van der Waals surface area contributed by atoms with Crippen LogP contribution in [0, 0.1) is 11.8 Å². The number of fused-ring (bicyclic) bond motifs is 1. The molecule has 0 spiro atoms. The second-order valence-electron chi connectivity index (χ2n) is 6.08. The average Bonchev–Trinajstić information content (AvgIpc) is 3.09. The van der Waals surface area contributed by atoms with Crippen molar-refractivity contribution in [2.24, 2.45) is 11.8 Å². The molecule has 22 heavy (non-hydrogen) atoms. The number of imide groups is 1. The van der Waals surface area contributed by atoms with Crippen molar-refractivity contribution >= 4 is 29.1 Å². The van der Waals surface area contributed by atoms with Crippen molar-refractivity contribution in [3.8, 4) is 0 Å². The highest BCUT2D eigenvalue weighted by Gasteiger charge is 2.52. The van der Waals surface area contributed by atoms with E-state index in [0.717, 1.165) is 0 Å². The van der Waals surface area contributed by atoms with E-state index in [4.69, 9.17) is 0 Å². The Hall–Kier alpha value is -1.95. The van der Waals surface area contributed by atoms with E-state index in [0.29, 0.717) is 31.5 Å². The molecular weight excluding hydrogens is 300 g/mol. The van der Waals surface area contributed by atoms with E-state index in [9.17, 15) is 14.4 Å². The van der Waals surface area contributed by atoms with Crippen molar-refractivity contribution < 1.29 is 14.4 Å². The molecule has 114 valence electrons. The van der Waals surface area contributed by atoms with Gasteiger partial charge in [-0.2, -0.15) is 11.3 Å². The Bertz CT molecular complexity index is 635. The van der Waals surface area contributed by atoms with Gasteiger partial charge in [-0.05, 0) is 24.3 Å². The van der Waals surface area contributed by atoms with E-state index >= 15 is 0 Å². The van der Waals surface area contributed by atoms with E-state index in [-0.39, 0.29) is 35.6 Å². The molecule has 4 rings (SSSR count). The molecule has 0 N–H and O–H groups in total. The quantitative estimate of drug-likeness (QED) is 0.614. The summed E-state index contributed by atoms with van der Waals surface area (Å²) in [5.41, 5.74) is 0.681. The Kier molecular flexibility index (Phi) is 3.14. The average molecular weight is 316 g/mol. The standard InChI is InChI=1S/C16H16N2O3S/c19-14(10-5-6-22-9-10)17-7-11(8-17)18-15(20)12-3-1-2-4-13(12)16(18)21/h1-2,5-6,9,11-13H,3-4,7-8H2. The number of nitrogens with zero attached hydrogens (tertiary/aromatic N) is 2. The molecule has 1 aliphatic carbocycles. The highest BCUT2D eigenvalue weighted by atomic mass is 32.1. The number of hydrogen-bond donors (Lipinski definition) is 0. The van der Waals surface area contributed by atoms with Crippen LogP contribution in [0.5, 0.6) is 0 Å². The van der Waals surface area contributed by atoms with Crippen molar-refractivity contribution in [1.29, 1.82) is 0 Å². The van der Waals surface area contributed by atoms with Crippen molar-refractivity contribution in [3.63, 3.8) is 0 Å². The molecule has 1 aromatic heterocycles. The van der Waals surface area contributed by atoms with Gasteiger partial charge in [0.05, 0.1) is 23.4 Å². The Morgan fingerprint density at radius 1 is 1.09 bits per heavy atom. The zero-order valence-electron chi connectivity index (χ0n) is 12.0. The lowest BCUT2D eigenvalue weighted by Gasteiger charge is -2.43. The van der Waals surface area contributed by atoms with Crippen LogP contribution in [0.25, 0.3) is 0 Å². The van der Waals surface area contributed by atoms with Gasteiger partial charge >= 0.3 is 0 Å². The van der Waals surface area contributed by atoms with Crippen molar-refractivity contribution in [1.82, 2.24) is 9.80 Å². The van der Waals surface area contributed by atoms with Crippen LogP contribution >= 0.6 is 11.3 Å². The molecule has 3 aliphatic rings. The first kappa shape index (κ1) is 13.7. The van der Waals surface area contributed by atoms with Crippen molar-refractivity contribution in [2.75, 3.05) is 13.1 Å². The molecule has 3 heterocycles. The maximum absolute atomic E-state index is 12.5. The molecule has 0 radical (unpaired) electrons. The minimum absolute atomic E-state index is 0.0179. The first-order valence-corrected chi connectivity index (χ1v) is 8.44. The minimum atomic E-state index is -0.181. The lowest BCUT2D eigenvalue weighted by Crippen LogP contribution is -2.62. The number of likely N-dealkylation sites (tertiary alicyclic amines) is 2. The second-order valence-corrected chi connectivity index (χ2v) is 6.86. The number of amides is 3. The molecular formula is C16H16N2O3S. The number of carbonyl (C=O) groups excluding carboxylic acids is 3. The summed E-state index contributed by atoms with van der Waals surface area (Å²) in [6.45, 7) is 0.915. The summed E-state index contributed by atoms with van der Waals surface area (Å²) >= 11 is 1.49. The third kappa shape index (κ3) is 1.94. The topological polar surface area (TPSA) is 57.7 Å². The fraction of sp³-hybridized carbons (Fsp3) is 0.438. The molecule has 2 atom stereocenters. The summed E-state index contributed by atoms with van der Waals surface area (Å²) in [4.78, 5) is 40.2. The molecule has 2 saturated heterocycles. The molecule has 0 aromatic carbocycles. The molecule has 5 nitrogen and oxygen atoms in total. The fourth-order valence-corrected chi connectivity index (χ4v) is 4.17. The van der Waals surface area contributed by atoms with Crippen LogP contribution in [0.4, 0.5) is 0 Å². The molecule has 3 amide bonds. The monoisotopic (exact) mass is 316 g/mol. The molecule has 2 unspecified atom stereocenters. The van der Waals surface area contributed by atoms with Crippen molar-refractivity contribution in [3.05, 3.63) is 34.5 Å². The van der Waals surface area contributed by atoms with Crippen LogP contribution in [0.3, 0.4) is 0 Å². The van der Waals surface area contributed by atoms with Crippen LogP contribution in [0.15, 0.2) is 29.0 Å². The highest BCUT2D eigenvalue weighted by Crippen LogP contribution is 2.37. The van der Waals surface area contributed by atoms with Crippen LogP contribution in [-0.4, -0.2) is 46.7 Å². The van der Waals surface area contributed by atoms with Crippen LogP contribution in [0.2, 0.25) is 0 Å². The number of allylic oxidation sites excluding steroid dienone is 2. The zero-order chi connectivity index (χ0) is 15.3. The molecule has 2 fully saturated rings. The predicted octanol–water partition coefficient (Wildman–Crippen LogP) is 1.52. The summed E-state index contributed by atoms with van der Waals surface area (Å²) in [6, 6.07) is 1.65. The van der Waals surface area contributed by atoms with Crippen molar-refractivity contribution in [2.45, 2.75) is 18.9 Å². The maximum Gasteiger partial charge on any atom is 0.254 e. The van der Waals surface area contributed by atoms with Gasteiger partial charge in [0.1, 0.15) is 0 Å². The zero-order valence-corrected chi connectivity index (χ0v) is 12.8. The predicted molar refractivity (Wildman–Crippen MR) is 81.2 cm³/mol. The highest BCUT2D eigenvalue weighted by molar-refractivity contribution is 7.08. The van der Waals surface area contributed by atoms with Gasteiger partial charge in [0.2, 0.25) is 11.8 Å². The SMILES string of the molecule is O=C(c1ccsc1)N1CC(N2C(=O)C3CC=CCC3C2=O)C1. The third-order valence-electron chi connectivity index (χ3n) is 4.82. The largest absolute Gasteiger partial charge is 0.334 e. The Labute approximate surface area is 132 Å². The van der Waals surface area contributed by atoms with Gasteiger partial charge in [-0.1, -0.05) is 12.2 Å². The maximum atomic E-state index is 12.5. The first-order valence-electron chi connectivity index (χ1n) is 7.50. The molecule has 0 bridgehead atoms. The summed E-state index contributed by atoms with van der Waals surface area (Å²) in [7, 11) is 0. The normalized spacial score (nSPS) is 28.0. The Morgan fingerprint density at radius 3 is 2.27 bits per heavy atom. The van der Waals surface area contributed by atoms with Gasteiger partial charge in [0.25, 0.3) is 5.91 Å². The number of thiophene rings is 1. The summed E-state index contributed by atoms with van der Waals surface area (Å²) in [5, 5.41) is 3.69. The molecule has 0 saturated carbocycles. The molecule has 2 aliphatic heterocycles. The second kappa shape index (κ2) is 5.05. The summed E-state index contributed by atoms with van der Waals surface area (Å²) < 4.78 is 0. The first-order chi connectivity index (χ1) is 10.7. The number of hydrogen-bond acceptors (Lipinski definition) is 4. The Morgan fingerprint density at radius 2 is 1.73 bits per heavy atom. The van der Waals surface area contributed by atoms with E-state index in [2.05, 4.69) is 0 Å². The van der Waals surface area contributed by atoms with E-state index in [1.165, 1.54) is 16.2 Å². The van der Waals surface area contributed by atoms with Gasteiger partial charge < -0.3 is 4.90 Å². The number of carbonyl (C=O) groups is 3. The smallest absolute Gasteiger partial charge is 0.254 e. The molecule has 6 heteroatoms. The van der Waals surface area contributed by atoms with Gasteiger partial charge in [-0.25, -0.2) is 0 Å². The Balaban J connectivity index is 1.44. The van der Waals surface area contributed by atoms with Crippen LogP contribution < -0.4 is 0 Å². The lowest BCUT2D eigenvalue weighted by molar-refractivity contribution is -0.145. The summed E-state index contributed by atoms with van der Waals surface area (Å²) in [6.07, 6.45) is 5.30. The third-order valence-corrected chi connectivity index (χ3v) is 5.51. The fourth-order valence-electron chi connectivity index (χ4n) is 3.54. The summed E-state index contributed by atoms with van der Waals surface area (Å²) in [5.74, 6) is -0.479. The van der Waals surface area contributed by atoms with E-state index < -0.39 is 0 Å². The van der Waals surface area contributed by atoms with E-state index in [1.54, 1.807) is 11.0 Å². The lowest BCUT2D eigenvalue weighted by atomic mass is 9.85. The molecule has 1 aromatic rings. The minimum Gasteiger partial charge on any atom is -0.334 e. The van der Waals surface area contributed by atoms with E-state index in [1.807, 2.05) is 22.9 Å². The van der Waals surface area contributed by atoms with Crippen LogP contribution in [0.1, 0.15) is 23.2 Å². The van der Waals surface area contributed by atoms with Gasteiger partial charge in [-0.15, -0.1) is 0 Å². The van der Waals surface area contributed by atoms with Gasteiger partial charge in [0, 0.05) is 18.5 Å². The van der Waals surface area contributed by atoms with Gasteiger partial charge in [0.15, 0.2) is 0 Å². The van der Waals surface area contributed by atoms with Gasteiger partial charge in [-0.3, -0.25) is 19.3 Å².